The van der Waals surface area contributed by atoms with Crippen LogP contribution in [-0.2, 0) is 21.1 Å². The third-order valence-electron chi connectivity index (χ3n) is 4.60. The molecule has 2 heterocycles. The molecule has 6 rings (SSSR count). The number of fused-ring (bicyclic) bond motifs is 2. The molecule has 3 nitrogen and oxygen atoms in total. The fourth-order valence-electron chi connectivity index (χ4n) is 3.12. The van der Waals surface area contributed by atoms with Crippen molar-refractivity contribution in [3.8, 4) is 26.9 Å². The Balaban J connectivity index is 0.000000265. The van der Waals surface area contributed by atoms with Gasteiger partial charge in [-0.05, 0) is 36.4 Å². The van der Waals surface area contributed by atoms with Crippen LogP contribution in [0.5, 0.6) is 5.75 Å². The van der Waals surface area contributed by atoms with E-state index in [1.54, 1.807) is 46.9 Å². The van der Waals surface area contributed by atoms with Crippen molar-refractivity contribution in [1.82, 2.24) is 9.97 Å². The fraction of sp³-hybridized carbons (Fsp3) is 0. The third-order valence-corrected chi connectivity index (χ3v) is 6.74. The Morgan fingerprint density at radius 1 is 0.562 bits per heavy atom. The number of phenols is 1. The van der Waals surface area contributed by atoms with Crippen molar-refractivity contribution in [2.24, 2.45) is 0 Å². The van der Waals surface area contributed by atoms with Gasteiger partial charge in [-0.15, -0.1) is 24.3 Å². The summed E-state index contributed by atoms with van der Waals surface area (Å²) in [4.78, 5) is 9.46. The third kappa shape index (κ3) is 4.96. The van der Waals surface area contributed by atoms with Crippen LogP contribution in [0.15, 0.2) is 97.1 Å². The maximum absolute atomic E-state index is 8.63. The zero-order chi connectivity index (χ0) is 21.0. The van der Waals surface area contributed by atoms with E-state index in [-0.39, 0.29) is 21.1 Å². The van der Waals surface area contributed by atoms with Gasteiger partial charge in [-0.3, -0.25) is 9.97 Å². The standard InChI is InChI=1S/C20H11N2S2.C6H6O.Pt/c1-3-10-17-15(8-1)21-19(23-17)13-6-5-7-14(12-13)20-22-16-9-2-4-11-18(16)24-20;7-6-4-2-1-3-5-6;/h1-11H;1-5,7H;/q-1;;. The average molecular weight is 633 g/mol. The van der Waals surface area contributed by atoms with Crippen molar-refractivity contribution in [2.45, 2.75) is 0 Å². The van der Waals surface area contributed by atoms with Crippen molar-refractivity contribution < 1.29 is 26.2 Å². The summed E-state index contributed by atoms with van der Waals surface area (Å²) in [6.07, 6.45) is 0. The van der Waals surface area contributed by atoms with E-state index in [1.807, 2.05) is 42.5 Å². The first-order valence-corrected chi connectivity index (χ1v) is 11.4. The number of aromatic nitrogens is 2. The number of nitrogens with zero attached hydrogens (tertiary/aromatic N) is 2. The Bertz CT molecular complexity index is 1310. The van der Waals surface area contributed by atoms with Crippen molar-refractivity contribution in [1.29, 1.82) is 0 Å². The molecule has 6 heteroatoms. The Hall–Kier alpha value is -2.85. The first-order valence-electron chi connectivity index (χ1n) is 9.74. The molecule has 4 aromatic carbocycles. The average Bonchev–Trinajstić information content (AvgIpc) is 3.45. The fourth-order valence-corrected chi connectivity index (χ4v) is 5.01. The summed E-state index contributed by atoms with van der Waals surface area (Å²) in [5.41, 5.74) is 4.12. The molecular weight excluding hydrogens is 616 g/mol. The van der Waals surface area contributed by atoms with Gasteiger partial charge in [0.2, 0.25) is 0 Å². The van der Waals surface area contributed by atoms with E-state index >= 15 is 0 Å². The van der Waals surface area contributed by atoms with Gasteiger partial charge in [-0.2, -0.15) is 22.7 Å². The van der Waals surface area contributed by atoms with E-state index in [0.29, 0.717) is 5.75 Å². The van der Waals surface area contributed by atoms with Crippen LogP contribution in [0.4, 0.5) is 0 Å². The van der Waals surface area contributed by atoms with Gasteiger partial charge in [0, 0.05) is 30.5 Å². The molecule has 0 saturated carbocycles. The molecule has 0 aliphatic carbocycles. The van der Waals surface area contributed by atoms with E-state index in [0.717, 1.165) is 32.2 Å². The normalized spacial score (nSPS) is 10.4. The van der Waals surface area contributed by atoms with Crippen LogP contribution >= 0.6 is 22.7 Å². The molecule has 0 saturated heterocycles. The second-order valence-electron chi connectivity index (χ2n) is 6.79. The van der Waals surface area contributed by atoms with Gasteiger partial charge in [0.05, 0.1) is 21.0 Å². The van der Waals surface area contributed by atoms with Crippen LogP contribution in [0.1, 0.15) is 0 Å². The summed E-state index contributed by atoms with van der Waals surface area (Å²) in [6, 6.07) is 34.8. The molecule has 0 atom stereocenters. The molecular formula is C26H17N2OPtS2-. The Morgan fingerprint density at radius 2 is 1.03 bits per heavy atom. The van der Waals surface area contributed by atoms with Gasteiger partial charge in [0.15, 0.2) is 0 Å². The molecule has 0 radical (unpaired) electrons. The molecule has 32 heavy (non-hydrogen) atoms. The Kier molecular flexibility index (Phi) is 7.11. The van der Waals surface area contributed by atoms with Crippen LogP contribution in [0.2, 0.25) is 0 Å². The first-order chi connectivity index (χ1) is 15.3. The number of phenolic OH excluding ortho intramolecular Hbond substituents is 1. The second-order valence-corrected chi connectivity index (χ2v) is 8.85. The monoisotopic (exact) mass is 632 g/mol. The molecule has 0 aliphatic rings. The molecule has 0 bridgehead atoms. The predicted molar refractivity (Wildman–Crippen MR) is 131 cm³/mol. The summed E-state index contributed by atoms with van der Waals surface area (Å²) in [7, 11) is 0. The van der Waals surface area contributed by atoms with E-state index in [2.05, 4.69) is 36.4 Å². The molecule has 0 aliphatic heterocycles. The first kappa shape index (κ1) is 22.3. The largest absolute Gasteiger partial charge is 0.508 e. The zero-order valence-electron chi connectivity index (χ0n) is 16.7. The number of benzene rings is 4. The van der Waals surface area contributed by atoms with Crippen molar-refractivity contribution in [2.75, 3.05) is 0 Å². The molecule has 0 fully saturated rings. The number of thiazole rings is 2. The van der Waals surface area contributed by atoms with Crippen molar-refractivity contribution >= 4 is 43.1 Å². The summed E-state index contributed by atoms with van der Waals surface area (Å²) < 4.78 is 2.40. The zero-order valence-corrected chi connectivity index (χ0v) is 20.6. The minimum Gasteiger partial charge on any atom is -0.508 e. The maximum Gasteiger partial charge on any atom is 0.115 e. The summed E-state index contributed by atoms with van der Waals surface area (Å²) in [5.74, 6) is 0.322. The summed E-state index contributed by atoms with van der Waals surface area (Å²) in [5, 5.41) is 10.6. The van der Waals surface area contributed by atoms with Gasteiger partial charge in [0.25, 0.3) is 0 Å². The van der Waals surface area contributed by atoms with Gasteiger partial charge in [-0.1, -0.05) is 53.6 Å². The van der Waals surface area contributed by atoms with E-state index < -0.39 is 0 Å². The van der Waals surface area contributed by atoms with Crippen LogP contribution in [0, 0.1) is 6.07 Å². The van der Waals surface area contributed by atoms with Crippen LogP contribution in [-0.4, -0.2) is 15.1 Å². The number of rotatable bonds is 2. The van der Waals surface area contributed by atoms with Gasteiger partial charge < -0.3 is 5.11 Å². The molecule has 0 unspecified atom stereocenters. The molecule has 0 amide bonds. The van der Waals surface area contributed by atoms with E-state index in [9.17, 15) is 0 Å². The molecule has 6 aromatic rings. The van der Waals surface area contributed by atoms with Crippen LogP contribution < -0.4 is 0 Å². The van der Waals surface area contributed by atoms with Crippen molar-refractivity contribution in [3.05, 3.63) is 103 Å². The molecule has 0 spiro atoms. The topological polar surface area (TPSA) is 46.0 Å². The number of aromatic hydroxyl groups is 1. The van der Waals surface area contributed by atoms with Crippen LogP contribution in [0.3, 0.4) is 0 Å². The summed E-state index contributed by atoms with van der Waals surface area (Å²) >= 11 is 3.40. The molecule has 2 aromatic heterocycles. The number of hydrogen-bond donors (Lipinski definition) is 1. The van der Waals surface area contributed by atoms with E-state index in [4.69, 9.17) is 15.1 Å². The smallest absolute Gasteiger partial charge is 0.115 e. The minimum atomic E-state index is 0. The molecule has 160 valence electrons. The molecule has 1 N–H and O–H groups in total. The van der Waals surface area contributed by atoms with E-state index in [1.165, 1.54) is 9.40 Å². The minimum absolute atomic E-state index is 0. The quantitative estimate of drug-likeness (QED) is 0.202. The van der Waals surface area contributed by atoms with Gasteiger partial charge in [-0.25, -0.2) is 0 Å². The van der Waals surface area contributed by atoms with Crippen molar-refractivity contribution in [3.63, 3.8) is 0 Å². The Morgan fingerprint density at radius 3 is 1.47 bits per heavy atom. The summed E-state index contributed by atoms with van der Waals surface area (Å²) in [6.45, 7) is 0. The van der Waals surface area contributed by atoms with Crippen LogP contribution in [0.25, 0.3) is 41.6 Å². The number of para-hydroxylation sites is 3. The predicted octanol–water partition coefficient (Wildman–Crippen LogP) is 7.43. The Labute approximate surface area is 208 Å². The second kappa shape index (κ2) is 10.2. The maximum atomic E-state index is 8.63. The number of hydrogen-bond acceptors (Lipinski definition) is 5. The van der Waals surface area contributed by atoms with Gasteiger partial charge >= 0.3 is 0 Å². The van der Waals surface area contributed by atoms with Gasteiger partial charge in [0.1, 0.15) is 5.75 Å². The SMILES string of the molecule is Oc1ccccc1.[Pt].[c-]1c(-c2nc3ccccc3s2)cccc1-c1nc2ccccc2s1.